The molecule has 0 saturated carbocycles. The molecule has 1 atom stereocenters. The Morgan fingerprint density at radius 1 is 0.480 bits per heavy atom. The summed E-state index contributed by atoms with van der Waals surface area (Å²) in [6.45, 7) is 4.00. The van der Waals surface area contributed by atoms with E-state index in [0.29, 0.717) is 12.8 Å². The molecule has 0 saturated heterocycles. The van der Waals surface area contributed by atoms with E-state index < -0.39 is 6.10 Å². The van der Waals surface area contributed by atoms with Crippen molar-refractivity contribution in [2.75, 3.05) is 13.2 Å². The van der Waals surface area contributed by atoms with Crippen molar-refractivity contribution >= 4 is 11.9 Å². The van der Waals surface area contributed by atoms with Crippen LogP contribution in [0.2, 0.25) is 0 Å². The lowest BCUT2D eigenvalue weighted by molar-refractivity contribution is -0.161. The van der Waals surface area contributed by atoms with E-state index in [2.05, 4.69) is 74.6 Å². The maximum Gasteiger partial charge on any atom is 0.306 e. The topological polar surface area (TPSA) is 72.8 Å². The van der Waals surface area contributed by atoms with Crippen molar-refractivity contribution in [1.82, 2.24) is 0 Å². The van der Waals surface area contributed by atoms with Crippen LogP contribution in [0.15, 0.2) is 60.8 Å². The van der Waals surface area contributed by atoms with Crippen molar-refractivity contribution in [3.05, 3.63) is 60.8 Å². The van der Waals surface area contributed by atoms with Gasteiger partial charge in [-0.25, -0.2) is 0 Å². The fraction of sp³-hybridized carbons (Fsp3) is 0.733. The number of esters is 2. The van der Waals surface area contributed by atoms with E-state index in [9.17, 15) is 14.7 Å². The fourth-order valence-corrected chi connectivity index (χ4v) is 5.66. The summed E-state index contributed by atoms with van der Waals surface area (Å²) >= 11 is 0. The van der Waals surface area contributed by atoms with Gasteiger partial charge in [-0.05, 0) is 77.0 Å². The quantitative estimate of drug-likeness (QED) is 0.0397. The van der Waals surface area contributed by atoms with Gasteiger partial charge in [0.15, 0.2) is 6.10 Å². The Balaban J connectivity index is 3.59. The molecule has 0 aliphatic rings. The number of ether oxygens (including phenoxy) is 2. The van der Waals surface area contributed by atoms with Crippen LogP contribution < -0.4 is 0 Å². The zero-order valence-corrected chi connectivity index (χ0v) is 32.6. The smallest absolute Gasteiger partial charge is 0.306 e. The Hall–Kier alpha value is -2.40. The van der Waals surface area contributed by atoms with Crippen LogP contribution in [0.3, 0.4) is 0 Å². The van der Waals surface area contributed by atoms with Crippen molar-refractivity contribution in [1.29, 1.82) is 0 Å². The van der Waals surface area contributed by atoms with Gasteiger partial charge in [0, 0.05) is 12.8 Å². The molecule has 0 aromatic heterocycles. The first-order valence-corrected chi connectivity index (χ1v) is 20.8. The van der Waals surface area contributed by atoms with E-state index in [4.69, 9.17) is 9.47 Å². The highest BCUT2D eigenvalue weighted by atomic mass is 16.6. The van der Waals surface area contributed by atoms with E-state index in [1.165, 1.54) is 96.3 Å². The number of hydrogen-bond acceptors (Lipinski definition) is 5. The third-order valence-electron chi connectivity index (χ3n) is 8.80. The second kappa shape index (κ2) is 41.0. The molecular weight excluding hydrogens is 620 g/mol. The van der Waals surface area contributed by atoms with Gasteiger partial charge in [-0.15, -0.1) is 0 Å². The van der Waals surface area contributed by atoms with Crippen molar-refractivity contribution in [2.45, 2.75) is 200 Å². The Morgan fingerprint density at radius 3 is 1.32 bits per heavy atom. The average molecular weight is 699 g/mol. The molecule has 0 fully saturated rings. The maximum atomic E-state index is 12.2. The summed E-state index contributed by atoms with van der Waals surface area (Å²) < 4.78 is 10.6. The molecule has 0 aliphatic heterocycles. The molecule has 5 heteroatoms. The van der Waals surface area contributed by atoms with Crippen LogP contribution >= 0.6 is 0 Å². The monoisotopic (exact) mass is 699 g/mol. The van der Waals surface area contributed by atoms with Crippen LogP contribution in [0.1, 0.15) is 194 Å². The molecule has 0 amide bonds. The minimum absolute atomic E-state index is 0.0756. The maximum absolute atomic E-state index is 12.2. The first-order valence-electron chi connectivity index (χ1n) is 20.8. The molecular formula is C45H78O5. The second-order valence-corrected chi connectivity index (χ2v) is 13.7. The zero-order chi connectivity index (χ0) is 36.4. The molecule has 0 aromatic rings. The SMILES string of the molecule is CC/C=C\C/C=C\C/C=C\C/C=C\CCCCCCCCC(=O)OC(CO)COC(=O)CCCCCCCCC/C=C\CCCCCCCC. The van der Waals surface area contributed by atoms with Crippen LogP contribution in [-0.4, -0.2) is 36.4 Å². The van der Waals surface area contributed by atoms with Crippen molar-refractivity contribution in [2.24, 2.45) is 0 Å². The van der Waals surface area contributed by atoms with Crippen LogP contribution in [0, 0.1) is 0 Å². The molecule has 288 valence electrons. The first-order chi connectivity index (χ1) is 24.6. The summed E-state index contributed by atoms with van der Waals surface area (Å²) in [5.74, 6) is -0.613. The Morgan fingerprint density at radius 2 is 0.860 bits per heavy atom. The van der Waals surface area contributed by atoms with E-state index >= 15 is 0 Å². The highest BCUT2D eigenvalue weighted by molar-refractivity contribution is 5.70. The van der Waals surface area contributed by atoms with Gasteiger partial charge in [0.1, 0.15) is 6.61 Å². The van der Waals surface area contributed by atoms with E-state index in [1.807, 2.05) is 0 Å². The number of carbonyl (C=O) groups is 2. The molecule has 0 aromatic carbocycles. The van der Waals surface area contributed by atoms with Gasteiger partial charge in [-0.2, -0.15) is 0 Å². The molecule has 0 radical (unpaired) electrons. The number of hydrogen-bond donors (Lipinski definition) is 1. The molecule has 0 heterocycles. The van der Waals surface area contributed by atoms with Crippen LogP contribution in [0.5, 0.6) is 0 Å². The Bertz CT molecular complexity index is 884. The number of carbonyl (C=O) groups excluding carboxylic acids is 2. The minimum Gasteiger partial charge on any atom is -0.462 e. The Labute approximate surface area is 309 Å². The van der Waals surface area contributed by atoms with Crippen molar-refractivity contribution in [3.63, 3.8) is 0 Å². The molecule has 50 heavy (non-hydrogen) atoms. The normalized spacial score (nSPS) is 12.8. The van der Waals surface area contributed by atoms with Crippen LogP contribution in [0.25, 0.3) is 0 Å². The van der Waals surface area contributed by atoms with Crippen molar-refractivity contribution < 1.29 is 24.2 Å². The molecule has 0 rings (SSSR count). The lowest BCUT2D eigenvalue weighted by atomic mass is 10.1. The third-order valence-corrected chi connectivity index (χ3v) is 8.80. The number of aliphatic hydroxyl groups is 1. The predicted octanol–water partition coefficient (Wildman–Crippen LogP) is 13.2. The van der Waals surface area contributed by atoms with Crippen LogP contribution in [0.4, 0.5) is 0 Å². The van der Waals surface area contributed by atoms with Gasteiger partial charge in [0.25, 0.3) is 0 Å². The molecule has 1 N–H and O–H groups in total. The van der Waals surface area contributed by atoms with Gasteiger partial charge >= 0.3 is 11.9 Å². The molecule has 5 nitrogen and oxygen atoms in total. The van der Waals surface area contributed by atoms with Gasteiger partial charge < -0.3 is 14.6 Å². The van der Waals surface area contributed by atoms with Gasteiger partial charge in [0.2, 0.25) is 0 Å². The Kier molecular flexibility index (Phi) is 39.1. The van der Waals surface area contributed by atoms with E-state index in [0.717, 1.165) is 70.6 Å². The summed E-state index contributed by atoms with van der Waals surface area (Å²) in [5.41, 5.74) is 0. The van der Waals surface area contributed by atoms with Gasteiger partial charge in [-0.3, -0.25) is 9.59 Å². The highest BCUT2D eigenvalue weighted by Gasteiger charge is 2.16. The molecule has 0 aliphatic carbocycles. The summed E-state index contributed by atoms with van der Waals surface area (Å²) in [6.07, 6.45) is 52.8. The lowest BCUT2D eigenvalue weighted by Gasteiger charge is -2.15. The van der Waals surface area contributed by atoms with E-state index in [-0.39, 0.29) is 25.2 Å². The summed E-state index contributed by atoms with van der Waals surface area (Å²) in [7, 11) is 0. The number of unbranched alkanes of at least 4 members (excludes halogenated alkanes) is 19. The molecule has 0 bridgehead atoms. The lowest BCUT2D eigenvalue weighted by Crippen LogP contribution is -2.28. The summed E-state index contributed by atoms with van der Waals surface area (Å²) in [6, 6.07) is 0. The number of aliphatic hydroxyl groups excluding tert-OH is 1. The standard InChI is InChI=1S/C45H78O5/c1-3-5-7-9-11-13-15-17-19-21-22-24-26-28-30-32-34-36-38-40-45(48)50-43(41-46)42-49-44(47)39-37-35-33-31-29-27-25-23-20-18-16-14-12-10-8-6-4-2/h5,7,11,13,17-20,22,24,43,46H,3-4,6,8-10,12,14-16,21,23,25-42H2,1-2H3/b7-5-,13-11-,19-17-,20-18-,24-22-. The predicted molar refractivity (Wildman–Crippen MR) is 214 cm³/mol. The summed E-state index contributed by atoms with van der Waals surface area (Å²) in [4.78, 5) is 24.3. The van der Waals surface area contributed by atoms with Gasteiger partial charge in [0.05, 0.1) is 6.61 Å². The number of rotatable bonds is 37. The average Bonchev–Trinajstić information content (AvgIpc) is 3.12. The fourth-order valence-electron chi connectivity index (χ4n) is 5.66. The summed E-state index contributed by atoms with van der Waals surface area (Å²) in [5, 5.41) is 9.57. The zero-order valence-electron chi connectivity index (χ0n) is 32.6. The van der Waals surface area contributed by atoms with Gasteiger partial charge in [-0.1, -0.05) is 164 Å². The third kappa shape index (κ3) is 38.4. The van der Waals surface area contributed by atoms with E-state index in [1.54, 1.807) is 0 Å². The first kappa shape index (κ1) is 47.6. The van der Waals surface area contributed by atoms with Crippen LogP contribution in [-0.2, 0) is 19.1 Å². The molecule has 0 spiro atoms. The minimum atomic E-state index is -0.782. The highest BCUT2D eigenvalue weighted by Crippen LogP contribution is 2.13. The second-order valence-electron chi connectivity index (χ2n) is 13.7. The van der Waals surface area contributed by atoms with Crippen molar-refractivity contribution in [3.8, 4) is 0 Å². The largest absolute Gasteiger partial charge is 0.462 e. The number of allylic oxidation sites excluding steroid dienone is 10. The molecule has 1 unspecified atom stereocenters.